The fraction of sp³-hybridized carbons (Fsp3) is 0.867. The molecular weight excluding hydrogens is 266 g/mol. The number of aromatic amines is 1. The van der Waals surface area contributed by atoms with Crippen molar-refractivity contribution in [2.24, 2.45) is 17.6 Å². The smallest absolute Gasteiger partial charge is 0.244 e. The van der Waals surface area contributed by atoms with E-state index in [4.69, 9.17) is 10.5 Å². The molecule has 2 fully saturated rings. The third-order valence-corrected chi connectivity index (χ3v) is 4.73. The van der Waals surface area contributed by atoms with Crippen molar-refractivity contribution in [1.29, 1.82) is 0 Å². The largest absolute Gasteiger partial charge is 0.378 e. The molecule has 0 radical (unpaired) electrons. The molecule has 0 spiro atoms. The summed E-state index contributed by atoms with van der Waals surface area (Å²) in [6.45, 7) is 5.67. The maximum absolute atomic E-state index is 5.79. The molecule has 3 N–H and O–H groups in total. The predicted octanol–water partition coefficient (Wildman–Crippen LogP) is 1.34. The molecule has 1 saturated heterocycles. The van der Waals surface area contributed by atoms with Crippen LogP contribution in [0.5, 0.6) is 0 Å². The van der Waals surface area contributed by atoms with Gasteiger partial charge in [0.05, 0.1) is 6.10 Å². The average molecular weight is 293 g/mol. The van der Waals surface area contributed by atoms with Gasteiger partial charge in [-0.05, 0) is 51.0 Å². The molecule has 1 atom stereocenters. The molecule has 0 bridgehead atoms. The van der Waals surface area contributed by atoms with Crippen LogP contribution in [0.1, 0.15) is 38.4 Å². The van der Waals surface area contributed by atoms with Crippen LogP contribution in [0.4, 0.5) is 5.95 Å². The van der Waals surface area contributed by atoms with Gasteiger partial charge in [-0.3, -0.25) is 5.10 Å². The maximum atomic E-state index is 5.79. The van der Waals surface area contributed by atoms with Gasteiger partial charge in [0.15, 0.2) is 0 Å². The summed E-state index contributed by atoms with van der Waals surface area (Å²) in [5.74, 6) is 3.14. The van der Waals surface area contributed by atoms with E-state index in [2.05, 4.69) is 27.0 Å². The number of nitrogens with one attached hydrogen (secondary N) is 1. The van der Waals surface area contributed by atoms with Gasteiger partial charge >= 0.3 is 0 Å². The molecule has 21 heavy (non-hydrogen) atoms. The quantitative estimate of drug-likeness (QED) is 0.827. The summed E-state index contributed by atoms with van der Waals surface area (Å²) < 4.78 is 5.60. The second-order valence-corrected chi connectivity index (χ2v) is 6.39. The standard InChI is InChI=1S/C15H27N5O/c1-2-21-13-6-12(7-13)8-14-17-15(19-18-14)20-5-3-4-11(9-16)10-20/h11-13H,2-10,16H2,1H3,(H,17,18,19). The third kappa shape index (κ3) is 3.55. The zero-order valence-corrected chi connectivity index (χ0v) is 12.9. The molecule has 6 heteroatoms. The molecule has 2 heterocycles. The van der Waals surface area contributed by atoms with Crippen molar-refractivity contribution in [1.82, 2.24) is 15.2 Å². The van der Waals surface area contributed by atoms with Crippen molar-refractivity contribution in [3.05, 3.63) is 5.82 Å². The lowest BCUT2D eigenvalue weighted by atomic mass is 9.80. The monoisotopic (exact) mass is 293 g/mol. The van der Waals surface area contributed by atoms with Crippen LogP contribution in [0.15, 0.2) is 0 Å². The first-order chi connectivity index (χ1) is 10.3. The Balaban J connectivity index is 1.50. The predicted molar refractivity (Wildman–Crippen MR) is 82.2 cm³/mol. The molecule has 3 rings (SSSR count). The number of anilines is 1. The van der Waals surface area contributed by atoms with Gasteiger partial charge < -0.3 is 15.4 Å². The van der Waals surface area contributed by atoms with Gasteiger partial charge in [0.2, 0.25) is 5.95 Å². The van der Waals surface area contributed by atoms with E-state index in [0.717, 1.165) is 57.3 Å². The number of H-pyrrole nitrogens is 1. The van der Waals surface area contributed by atoms with Crippen molar-refractivity contribution in [2.75, 3.05) is 31.1 Å². The van der Waals surface area contributed by atoms with Gasteiger partial charge in [-0.1, -0.05) is 0 Å². The van der Waals surface area contributed by atoms with Crippen molar-refractivity contribution in [3.8, 4) is 0 Å². The Bertz CT molecular complexity index is 443. The highest BCUT2D eigenvalue weighted by atomic mass is 16.5. The molecule has 0 amide bonds. The molecule has 1 aromatic heterocycles. The average Bonchev–Trinajstić information content (AvgIpc) is 2.94. The number of hydrogen-bond acceptors (Lipinski definition) is 5. The summed E-state index contributed by atoms with van der Waals surface area (Å²) in [7, 11) is 0. The Labute approximate surface area is 126 Å². The Morgan fingerprint density at radius 2 is 2.24 bits per heavy atom. The number of nitrogens with two attached hydrogens (primary N) is 1. The van der Waals surface area contributed by atoms with Crippen molar-refractivity contribution in [2.45, 2.75) is 45.1 Å². The van der Waals surface area contributed by atoms with E-state index >= 15 is 0 Å². The number of aromatic nitrogens is 3. The van der Waals surface area contributed by atoms with Gasteiger partial charge in [-0.25, -0.2) is 0 Å². The number of nitrogens with zero attached hydrogens (tertiary/aromatic N) is 3. The lowest BCUT2D eigenvalue weighted by Crippen LogP contribution is -2.39. The summed E-state index contributed by atoms with van der Waals surface area (Å²) in [6.07, 6.45) is 6.18. The van der Waals surface area contributed by atoms with Gasteiger partial charge in [0.25, 0.3) is 0 Å². The molecular formula is C15H27N5O. The van der Waals surface area contributed by atoms with Crippen LogP contribution in [0.25, 0.3) is 0 Å². The highest BCUT2D eigenvalue weighted by Gasteiger charge is 2.30. The number of rotatable bonds is 6. The molecule has 1 aliphatic carbocycles. The van der Waals surface area contributed by atoms with E-state index in [1.165, 1.54) is 12.8 Å². The Hall–Kier alpha value is -1.14. The molecule has 2 aliphatic rings. The van der Waals surface area contributed by atoms with Crippen molar-refractivity contribution >= 4 is 5.95 Å². The van der Waals surface area contributed by atoms with Crippen LogP contribution in [-0.2, 0) is 11.2 Å². The molecule has 1 aromatic rings. The minimum absolute atomic E-state index is 0.467. The molecule has 0 aromatic carbocycles. The summed E-state index contributed by atoms with van der Waals surface area (Å²) in [6, 6.07) is 0. The summed E-state index contributed by atoms with van der Waals surface area (Å²) in [4.78, 5) is 6.94. The zero-order chi connectivity index (χ0) is 14.7. The Morgan fingerprint density at radius 1 is 1.38 bits per heavy atom. The normalized spacial score (nSPS) is 29.4. The fourth-order valence-electron chi connectivity index (χ4n) is 3.44. The van der Waals surface area contributed by atoms with Gasteiger partial charge in [0, 0.05) is 26.1 Å². The fourth-order valence-corrected chi connectivity index (χ4v) is 3.44. The lowest BCUT2D eigenvalue weighted by Gasteiger charge is -2.34. The molecule has 1 unspecified atom stereocenters. The van der Waals surface area contributed by atoms with E-state index in [1.807, 2.05) is 0 Å². The molecule has 1 aliphatic heterocycles. The van der Waals surface area contributed by atoms with Crippen LogP contribution in [0.2, 0.25) is 0 Å². The first-order valence-electron chi connectivity index (χ1n) is 8.26. The van der Waals surface area contributed by atoms with E-state index in [0.29, 0.717) is 17.9 Å². The Kier molecular flexibility index (Phi) is 4.75. The van der Waals surface area contributed by atoms with E-state index in [9.17, 15) is 0 Å². The third-order valence-electron chi connectivity index (χ3n) is 4.73. The zero-order valence-electron chi connectivity index (χ0n) is 12.9. The SMILES string of the molecule is CCOC1CC(Cc2nc(N3CCCC(CN)C3)n[nH]2)C1. The van der Waals surface area contributed by atoms with Gasteiger partial charge in [-0.15, -0.1) is 5.10 Å². The number of piperidine rings is 1. The van der Waals surface area contributed by atoms with E-state index in [1.54, 1.807) is 0 Å². The van der Waals surface area contributed by atoms with Crippen LogP contribution >= 0.6 is 0 Å². The lowest BCUT2D eigenvalue weighted by molar-refractivity contribution is -0.0245. The highest BCUT2D eigenvalue weighted by Crippen LogP contribution is 2.32. The van der Waals surface area contributed by atoms with Crippen LogP contribution in [-0.4, -0.2) is 47.5 Å². The summed E-state index contributed by atoms with van der Waals surface area (Å²) in [5.41, 5.74) is 5.79. The molecule has 118 valence electrons. The summed E-state index contributed by atoms with van der Waals surface area (Å²) >= 11 is 0. The molecule has 1 saturated carbocycles. The van der Waals surface area contributed by atoms with Gasteiger partial charge in [0.1, 0.15) is 5.82 Å². The first kappa shape index (κ1) is 14.8. The Morgan fingerprint density at radius 3 is 3.00 bits per heavy atom. The van der Waals surface area contributed by atoms with Crippen molar-refractivity contribution in [3.63, 3.8) is 0 Å². The number of ether oxygens (including phenoxy) is 1. The molecule has 6 nitrogen and oxygen atoms in total. The van der Waals surface area contributed by atoms with Crippen LogP contribution in [0.3, 0.4) is 0 Å². The van der Waals surface area contributed by atoms with Crippen molar-refractivity contribution < 1.29 is 4.74 Å². The summed E-state index contributed by atoms with van der Waals surface area (Å²) in [5, 5.41) is 7.50. The number of hydrogen-bond donors (Lipinski definition) is 2. The van der Waals surface area contributed by atoms with E-state index in [-0.39, 0.29) is 0 Å². The maximum Gasteiger partial charge on any atom is 0.244 e. The van der Waals surface area contributed by atoms with Crippen LogP contribution in [0, 0.1) is 11.8 Å². The minimum Gasteiger partial charge on any atom is -0.378 e. The first-order valence-corrected chi connectivity index (χ1v) is 8.26. The minimum atomic E-state index is 0.467. The second kappa shape index (κ2) is 6.75. The highest BCUT2D eigenvalue weighted by molar-refractivity contribution is 5.29. The topological polar surface area (TPSA) is 80.1 Å². The second-order valence-electron chi connectivity index (χ2n) is 6.39. The van der Waals surface area contributed by atoms with Crippen LogP contribution < -0.4 is 10.6 Å². The van der Waals surface area contributed by atoms with E-state index < -0.39 is 0 Å². The van der Waals surface area contributed by atoms with Gasteiger partial charge in [-0.2, -0.15) is 4.98 Å².